The summed E-state index contributed by atoms with van der Waals surface area (Å²) in [5, 5.41) is 8.71. The Morgan fingerprint density at radius 1 is 1.15 bits per heavy atom. The first-order valence-electron chi connectivity index (χ1n) is 6.41. The van der Waals surface area contributed by atoms with Gasteiger partial charge in [0.2, 0.25) is 5.88 Å². The van der Waals surface area contributed by atoms with Crippen molar-refractivity contribution < 1.29 is 4.74 Å². The molecule has 0 atom stereocenters. The minimum Gasteiger partial charge on any atom is -0.437 e. The van der Waals surface area contributed by atoms with E-state index < -0.39 is 0 Å². The van der Waals surface area contributed by atoms with Crippen LogP contribution in [-0.2, 0) is 5.41 Å². The molecule has 0 radical (unpaired) electrons. The van der Waals surface area contributed by atoms with Crippen LogP contribution in [0.25, 0.3) is 0 Å². The van der Waals surface area contributed by atoms with Gasteiger partial charge >= 0.3 is 0 Å². The third kappa shape index (κ3) is 3.12. The molecule has 1 heterocycles. The first kappa shape index (κ1) is 14.0. The number of nitrogens with zero attached hydrogens (tertiary/aromatic N) is 3. The van der Waals surface area contributed by atoms with Gasteiger partial charge in [-0.3, -0.25) is 0 Å². The Balaban J connectivity index is 2.35. The number of aryl methyl sites for hydroxylation is 1. The second-order valence-corrected chi connectivity index (χ2v) is 5.70. The van der Waals surface area contributed by atoms with Crippen molar-refractivity contribution in [1.29, 1.82) is 5.26 Å². The van der Waals surface area contributed by atoms with E-state index in [4.69, 9.17) is 10.00 Å². The highest BCUT2D eigenvalue weighted by Gasteiger charge is 2.19. The molecular weight excluding hydrogens is 250 g/mol. The van der Waals surface area contributed by atoms with Crippen molar-refractivity contribution >= 4 is 0 Å². The van der Waals surface area contributed by atoms with Crippen LogP contribution in [0.2, 0.25) is 0 Å². The molecule has 0 N–H and O–H groups in total. The number of hydrogen-bond donors (Lipinski definition) is 0. The second-order valence-electron chi connectivity index (χ2n) is 5.70. The Bertz CT molecular complexity index is 649. The summed E-state index contributed by atoms with van der Waals surface area (Å²) in [5.74, 6) is 1.15. The number of rotatable bonds is 2. The predicted molar refractivity (Wildman–Crippen MR) is 76.7 cm³/mol. The van der Waals surface area contributed by atoms with E-state index in [9.17, 15) is 0 Å². The Morgan fingerprint density at radius 3 is 2.45 bits per heavy atom. The lowest BCUT2D eigenvalue weighted by molar-refractivity contribution is 0.437. The molecular formula is C16H17N3O. The fourth-order valence-electron chi connectivity index (χ4n) is 1.86. The van der Waals surface area contributed by atoms with Crippen molar-refractivity contribution in [3.05, 3.63) is 47.4 Å². The molecule has 4 heteroatoms. The maximum Gasteiger partial charge on any atom is 0.237 e. The van der Waals surface area contributed by atoms with Gasteiger partial charge in [0.25, 0.3) is 0 Å². The van der Waals surface area contributed by atoms with E-state index in [0.717, 1.165) is 11.3 Å². The normalized spacial score (nSPS) is 10.9. The van der Waals surface area contributed by atoms with E-state index in [-0.39, 0.29) is 11.1 Å². The number of hydrogen-bond acceptors (Lipinski definition) is 4. The van der Waals surface area contributed by atoms with Gasteiger partial charge < -0.3 is 4.74 Å². The average Bonchev–Trinajstić information content (AvgIpc) is 2.40. The molecule has 0 spiro atoms. The van der Waals surface area contributed by atoms with Gasteiger partial charge in [-0.1, -0.05) is 38.5 Å². The second kappa shape index (κ2) is 5.30. The molecule has 2 rings (SSSR count). The number of benzene rings is 1. The molecule has 0 saturated carbocycles. The molecule has 0 bridgehead atoms. The lowest BCUT2D eigenvalue weighted by Gasteiger charge is -2.22. The highest BCUT2D eigenvalue weighted by molar-refractivity contribution is 5.42. The van der Waals surface area contributed by atoms with E-state index in [2.05, 4.69) is 43.7 Å². The molecule has 0 aliphatic rings. The standard InChI is InChI=1S/C16H17N3O/c1-11-5-6-14(13(7-11)16(2,3)4)20-15-10-18-12(8-17)9-19-15/h5-7,9-10H,1-4H3. The van der Waals surface area contributed by atoms with Crippen LogP contribution < -0.4 is 4.74 Å². The lowest BCUT2D eigenvalue weighted by Crippen LogP contribution is -2.13. The van der Waals surface area contributed by atoms with Crippen molar-refractivity contribution in [3.8, 4) is 17.7 Å². The first-order chi connectivity index (χ1) is 9.40. The van der Waals surface area contributed by atoms with Crippen molar-refractivity contribution in [2.75, 3.05) is 0 Å². The van der Waals surface area contributed by atoms with Gasteiger partial charge in [-0.15, -0.1) is 0 Å². The first-order valence-corrected chi connectivity index (χ1v) is 6.41. The van der Waals surface area contributed by atoms with Crippen LogP contribution in [0.15, 0.2) is 30.6 Å². The molecule has 102 valence electrons. The van der Waals surface area contributed by atoms with Gasteiger partial charge in [0.05, 0.1) is 12.4 Å². The van der Waals surface area contributed by atoms with Gasteiger partial charge in [-0.2, -0.15) is 5.26 Å². The topological polar surface area (TPSA) is 58.8 Å². The van der Waals surface area contributed by atoms with Gasteiger partial charge in [-0.05, 0) is 18.4 Å². The zero-order valence-corrected chi connectivity index (χ0v) is 12.1. The molecule has 0 amide bonds. The molecule has 4 nitrogen and oxygen atoms in total. The largest absolute Gasteiger partial charge is 0.437 e. The number of aromatic nitrogens is 2. The fraction of sp³-hybridized carbons (Fsp3) is 0.312. The summed E-state index contributed by atoms with van der Waals surface area (Å²) in [6.07, 6.45) is 2.87. The number of nitriles is 1. The summed E-state index contributed by atoms with van der Waals surface area (Å²) in [6, 6.07) is 7.99. The van der Waals surface area contributed by atoms with E-state index in [0.29, 0.717) is 5.88 Å². The van der Waals surface area contributed by atoms with Crippen molar-refractivity contribution in [2.24, 2.45) is 0 Å². The van der Waals surface area contributed by atoms with E-state index in [1.54, 1.807) is 0 Å². The summed E-state index contributed by atoms with van der Waals surface area (Å²) in [5.41, 5.74) is 2.55. The molecule has 0 fully saturated rings. The smallest absolute Gasteiger partial charge is 0.237 e. The van der Waals surface area contributed by atoms with Crippen molar-refractivity contribution in [3.63, 3.8) is 0 Å². The highest BCUT2D eigenvalue weighted by atomic mass is 16.5. The minimum atomic E-state index is -0.0264. The molecule has 0 aliphatic heterocycles. The SMILES string of the molecule is Cc1ccc(Oc2cnc(C#N)cn2)c(C(C)(C)C)c1. The quantitative estimate of drug-likeness (QED) is 0.831. The summed E-state index contributed by atoms with van der Waals surface area (Å²) in [4.78, 5) is 8.04. The van der Waals surface area contributed by atoms with Gasteiger partial charge in [0.1, 0.15) is 11.8 Å². The Hall–Kier alpha value is -2.41. The maximum atomic E-state index is 8.71. The van der Waals surface area contributed by atoms with Gasteiger partial charge in [-0.25, -0.2) is 9.97 Å². The highest BCUT2D eigenvalue weighted by Crippen LogP contribution is 2.34. The van der Waals surface area contributed by atoms with Gasteiger partial charge in [0.15, 0.2) is 5.69 Å². The van der Waals surface area contributed by atoms with Crippen molar-refractivity contribution in [1.82, 2.24) is 9.97 Å². The van der Waals surface area contributed by atoms with Gasteiger partial charge in [0, 0.05) is 5.56 Å². The zero-order chi connectivity index (χ0) is 14.8. The van der Waals surface area contributed by atoms with Crippen LogP contribution in [-0.4, -0.2) is 9.97 Å². The maximum absolute atomic E-state index is 8.71. The van der Waals surface area contributed by atoms with Crippen LogP contribution in [0, 0.1) is 18.3 Å². The average molecular weight is 267 g/mol. The molecule has 0 saturated heterocycles. The molecule has 0 unspecified atom stereocenters. The summed E-state index contributed by atoms with van der Waals surface area (Å²) < 4.78 is 5.81. The van der Waals surface area contributed by atoms with E-state index >= 15 is 0 Å². The predicted octanol–water partition coefficient (Wildman–Crippen LogP) is 3.75. The van der Waals surface area contributed by atoms with Crippen LogP contribution in [0.3, 0.4) is 0 Å². The molecule has 0 aliphatic carbocycles. The Morgan fingerprint density at radius 2 is 1.90 bits per heavy atom. The summed E-state index contributed by atoms with van der Waals surface area (Å²) in [7, 11) is 0. The minimum absolute atomic E-state index is 0.0264. The Kier molecular flexibility index (Phi) is 3.71. The van der Waals surface area contributed by atoms with Crippen LogP contribution in [0.1, 0.15) is 37.6 Å². The van der Waals surface area contributed by atoms with E-state index in [1.165, 1.54) is 18.0 Å². The third-order valence-electron chi connectivity index (χ3n) is 2.90. The van der Waals surface area contributed by atoms with Crippen LogP contribution in [0.5, 0.6) is 11.6 Å². The number of ether oxygens (including phenoxy) is 1. The summed E-state index contributed by atoms with van der Waals surface area (Å²) >= 11 is 0. The van der Waals surface area contributed by atoms with E-state index in [1.807, 2.05) is 18.2 Å². The fourth-order valence-corrected chi connectivity index (χ4v) is 1.86. The molecule has 20 heavy (non-hydrogen) atoms. The lowest BCUT2D eigenvalue weighted by atomic mass is 9.85. The molecule has 1 aromatic carbocycles. The molecule has 1 aromatic heterocycles. The Labute approximate surface area is 119 Å². The zero-order valence-electron chi connectivity index (χ0n) is 12.1. The monoisotopic (exact) mass is 267 g/mol. The van der Waals surface area contributed by atoms with Crippen molar-refractivity contribution in [2.45, 2.75) is 33.1 Å². The summed E-state index contributed by atoms with van der Waals surface area (Å²) in [6.45, 7) is 8.47. The van der Waals surface area contributed by atoms with Crippen LogP contribution >= 0.6 is 0 Å². The third-order valence-corrected chi connectivity index (χ3v) is 2.90. The molecule has 2 aromatic rings. The van der Waals surface area contributed by atoms with Crippen LogP contribution in [0.4, 0.5) is 0 Å².